The summed E-state index contributed by atoms with van der Waals surface area (Å²) in [5, 5.41) is 0. The van der Waals surface area contributed by atoms with Crippen LogP contribution in [0.4, 0.5) is 5.69 Å². The number of unbranched alkanes of at least 4 members (excludes halogenated alkanes) is 2. The van der Waals surface area contributed by atoms with Crippen LogP contribution in [0.15, 0.2) is 24.3 Å². The second-order valence-corrected chi connectivity index (χ2v) is 4.07. The minimum absolute atomic E-state index is 0.266. The molecule has 0 spiro atoms. The standard InChI is InChI=1S/C13H17NO/c1-2-3-6-9-14-10-13(15)11-7-4-5-8-12(11)14/h4-5,7-8H,2-3,6,9-10H2,1H3. The first-order valence-electron chi connectivity index (χ1n) is 5.70. The van der Waals surface area contributed by atoms with Gasteiger partial charge >= 0.3 is 0 Å². The van der Waals surface area contributed by atoms with E-state index in [0.29, 0.717) is 6.54 Å². The molecular weight excluding hydrogens is 186 g/mol. The number of Topliss-reactive ketones (excluding diaryl/α,β-unsaturated/α-hetero) is 1. The first kappa shape index (κ1) is 10.2. The monoisotopic (exact) mass is 203 g/mol. The lowest BCUT2D eigenvalue weighted by molar-refractivity contribution is 0.101. The Kier molecular flexibility index (Phi) is 3.05. The van der Waals surface area contributed by atoms with Gasteiger partial charge in [0.15, 0.2) is 5.78 Å². The number of anilines is 1. The predicted octanol–water partition coefficient (Wildman–Crippen LogP) is 2.88. The summed E-state index contributed by atoms with van der Waals surface area (Å²) in [5.74, 6) is 0.266. The van der Waals surface area contributed by atoms with Gasteiger partial charge in [0.05, 0.1) is 6.54 Å². The topological polar surface area (TPSA) is 20.3 Å². The minimum atomic E-state index is 0.266. The van der Waals surface area contributed by atoms with Crippen molar-refractivity contribution in [1.29, 1.82) is 0 Å². The van der Waals surface area contributed by atoms with E-state index >= 15 is 0 Å². The molecule has 2 rings (SSSR count). The van der Waals surface area contributed by atoms with Crippen molar-refractivity contribution in [2.45, 2.75) is 26.2 Å². The average molecular weight is 203 g/mol. The highest BCUT2D eigenvalue weighted by atomic mass is 16.1. The first-order valence-corrected chi connectivity index (χ1v) is 5.70. The van der Waals surface area contributed by atoms with Crippen molar-refractivity contribution in [2.75, 3.05) is 18.0 Å². The Hall–Kier alpha value is -1.31. The van der Waals surface area contributed by atoms with E-state index in [4.69, 9.17) is 0 Å². The lowest BCUT2D eigenvalue weighted by Crippen LogP contribution is -2.23. The third kappa shape index (κ3) is 2.04. The van der Waals surface area contributed by atoms with Crippen LogP contribution in [0.2, 0.25) is 0 Å². The maximum atomic E-state index is 11.7. The molecule has 0 fully saturated rings. The van der Waals surface area contributed by atoms with Crippen LogP contribution >= 0.6 is 0 Å². The summed E-state index contributed by atoms with van der Waals surface area (Å²) in [7, 11) is 0. The minimum Gasteiger partial charge on any atom is -0.363 e. The number of rotatable bonds is 4. The van der Waals surface area contributed by atoms with Gasteiger partial charge in [0.1, 0.15) is 0 Å². The summed E-state index contributed by atoms with van der Waals surface area (Å²) in [6.07, 6.45) is 3.65. The Morgan fingerprint density at radius 3 is 2.87 bits per heavy atom. The first-order chi connectivity index (χ1) is 7.33. The number of benzene rings is 1. The summed E-state index contributed by atoms with van der Waals surface area (Å²) in [5.41, 5.74) is 2.02. The van der Waals surface area contributed by atoms with Gasteiger partial charge in [-0.3, -0.25) is 4.79 Å². The molecule has 0 bridgehead atoms. The van der Waals surface area contributed by atoms with Crippen molar-refractivity contribution in [2.24, 2.45) is 0 Å². The van der Waals surface area contributed by atoms with Crippen LogP contribution < -0.4 is 4.90 Å². The van der Waals surface area contributed by atoms with Crippen LogP contribution in [0.25, 0.3) is 0 Å². The Bertz CT molecular complexity index is 359. The molecule has 2 heteroatoms. The molecule has 0 aliphatic carbocycles. The molecular formula is C13H17NO. The second-order valence-electron chi connectivity index (χ2n) is 4.07. The van der Waals surface area contributed by atoms with Gasteiger partial charge in [-0.1, -0.05) is 31.9 Å². The summed E-state index contributed by atoms with van der Waals surface area (Å²) < 4.78 is 0. The lowest BCUT2D eigenvalue weighted by atomic mass is 10.1. The smallest absolute Gasteiger partial charge is 0.184 e. The fourth-order valence-corrected chi connectivity index (χ4v) is 2.08. The molecule has 1 aliphatic rings. The highest BCUT2D eigenvalue weighted by Crippen LogP contribution is 2.27. The summed E-state index contributed by atoms with van der Waals surface area (Å²) >= 11 is 0. The van der Waals surface area contributed by atoms with E-state index in [1.54, 1.807) is 0 Å². The zero-order valence-electron chi connectivity index (χ0n) is 9.20. The van der Waals surface area contributed by atoms with E-state index in [-0.39, 0.29) is 5.78 Å². The van der Waals surface area contributed by atoms with Crippen LogP contribution in [0, 0.1) is 0 Å². The maximum Gasteiger partial charge on any atom is 0.184 e. The number of ketones is 1. The van der Waals surface area contributed by atoms with Gasteiger partial charge in [0.25, 0.3) is 0 Å². The molecule has 0 unspecified atom stereocenters. The number of carbonyl (C=O) groups excluding carboxylic acids is 1. The van der Waals surface area contributed by atoms with E-state index in [0.717, 1.165) is 17.8 Å². The van der Waals surface area contributed by atoms with Crippen LogP contribution in [0.5, 0.6) is 0 Å². The quantitative estimate of drug-likeness (QED) is 0.701. The van der Waals surface area contributed by atoms with Crippen molar-refractivity contribution in [3.63, 3.8) is 0 Å². The van der Waals surface area contributed by atoms with Crippen LogP contribution in [-0.4, -0.2) is 18.9 Å². The largest absolute Gasteiger partial charge is 0.363 e. The molecule has 0 atom stereocenters. The van der Waals surface area contributed by atoms with Crippen molar-refractivity contribution in [3.05, 3.63) is 29.8 Å². The summed E-state index contributed by atoms with van der Waals surface area (Å²) in [6.45, 7) is 3.78. The molecule has 0 aromatic heterocycles. The van der Waals surface area contributed by atoms with Gasteiger partial charge in [-0.2, -0.15) is 0 Å². The van der Waals surface area contributed by atoms with Gasteiger partial charge in [0, 0.05) is 17.8 Å². The van der Waals surface area contributed by atoms with E-state index in [1.807, 2.05) is 24.3 Å². The van der Waals surface area contributed by atoms with Gasteiger partial charge in [0.2, 0.25) is 0 Å². The van der Waals surface area contributed by atoms with Crippen molar-refractivity contribution >= 4 is 11.5 Å². The molecule has 0 saturated carbocycles. The number of carbonyl (C=O) groups is 1. The molecule has 0 N–H and O–H groups in total. The van der Waals surface area contributed by atoms with Crippen LogP contribution in [-0.2, 0) is 0 Å². The normalized spacial score (nSPS) is 14.5. The Morgan fingerprint density at radius 1 is 1.27 bits per heavy atom. The predicted molar refractivity (Wildman–Crippen MR) is 62.5 cm³/mol. The van der Waals surface area contributed by atoms with Gasteiger partial charge in [-0.05, 0) is 18.6 Å². The number of nitrogens with zero attached hydrogens (tertiary/aromatic N) is 1. The lowest BCUT2D eigenvalue weighted by Gasteiger charge is -2.17. The molecule has 15 heavy (non-hydrogen) atoms. The summed E-state index contributed by atoms with van der Waals surface area (Å²) in [4.78, 5) is 13.9. The number of fused-ring (bicyclic) bond motifs is 1. The molecule has 1 aromatic carbocycles. The molecule has 1 heterocycles. The van der Waals surface area contributed by atoms with E-state index in [9.17, 15) is 4.79 Å². The van der Waals surface area contributed by atoms with Crippen molar-refractivity contribution < 1.29 is 4.79 Å². The Balaban J connectivity index is 2.08. The van der Waals surface area contributed by atoms with E-state index in [2.05, 4.69) is 11.8 Å². The Morgan fingerprint density at radius 2 is 2.07 bits per heavy atom. The molecule has 1 aliphatic heterocycles. The molecule has 2 nitrogen and oxygen atoms in total. The van der Waals surface area contributed by atoms with Gasteiger partial charge in [-0.25, -0.2) is 0 Å². The molecule has 0 saturated heterocycles. The molecule has 80 valence electrons. The Labute approximate surface area is 90.9 Å². The van der Waals surface area contributed by atoms with Crippen LogP contribution in [0.1, 0.15) is 36.5 Å². The number of para-hydroxylation sites is 1. The number of hydrogen-bond acceptors (Lipinski definition) is 2. The van der Waals surface area contributed by atoms with E-state index in [1.165, 1.54) is 19.3 Å². The third-order valence-electron chi connectivity index (χ3n) is 2.91. The molecule has 0 amide bonds. The van der Waals surface area contributed by atoms with Crippen molar-refractivity contribution in [1.82, 2.24) is 0 Å². The zero-order chi connectivity index (χ0) is 10.7. The maximum absolute atomic E-state index is 11.7. The van der Waals surface area contributed by atoms with Gasteiger partial charge < -0.3 is 4.90 Å². The van der Waals surface area contributed by atoms with Crippen molar-refractivity contribution in [3.8, 4) is 0 Å². The van der Waals surface area contributed by atoms with Gasteiger partial charge in [-0.15, -0.1) is 0 Å². The highest BCUT2D eigenvalue weighted by molar-refractivity contribution is 6.08. The van der Waals surface area contributed by atoms with E-state index < -0.39 is 0 Å². The third-order valence-corrected chi connectivity index (χ3v) is 2.91. The number of hydrogen-bond donors (Lipinski definition) is 0. The zero-order valence-corrected chi connectivity index (χ0v) is 9.20. The average Bonchev–Trinajstić information content (AvgIpc) is 2.58. The fraction of sp³-hybridized carbons (Fsp3) is 0.462. The molecule has 0 radical (unpaired) electrons. The second kappa shape index (κ2) is 4.47. The fourth-order valence-electron chi connectivity index (χ4n) is 2.08. The SMILES string of the molecule is CCCCCN1CC(=O)c2ccccc21. The summed E-state index contributed by atoms with van der Waals surface area (Å²) in [6, 6.07) is 7.92. The molecule has 1 aromatic rings. The van der Waals surface area contributed by atoms with Crippen LogP contribution in [0.3, 0.4) is 0 Å². The highest BCUT2D eigenvalue weighted by Gasteiger charge is 2.24.